The van der Waals surface area contributed by atoms with Gasteiger partial charge < -0.3 is 20.5 Å². The van der Waals surface area contributed by atoms with Crippen LogP contribution in [0, 0.1) is 5.41 Å². The fraction of sp³-hybridized carbons (Fsp3) is 0.455. The number of anilines is 1. The summed E-state index contributed by atoms with van der Waals surface area (Å²) in [4.78, 5) is 45.3. The molecule has 2 amide bonds. The summed E-state index contributed by atoms with van der Waals surface area (Å²) in [7, 11) is 0. The lowest BCUT2D eigenvalue weighted by Crippen LogP contribution is -2.43. The summed E-state index contributed by atoms with van der Waals surface area (Å²) in [6.07, 6.45) is 4.02. The standard InChI is InChI=1S/C22H27N5O3/c1-22(2)10-16(11-24-20(29)18-9-19(28)26-13-25-18)27(12-22)21(30)15-5-6-17-14(8-15)4-3-7-23-17/h5-6,8-9,13,16,23H,3-4,7,10-12H2,1-2H3,(H,24,29)(H,25,26,28)/t16-/m0/s1. The van der Waals surface area contributed by atoms with Crippen molar-refractivity contribution in [2.75, 3.05) is 25.0 Å². The van der Waals surface area contributed by atoms with Crippen LogP contribution in [-0.4, -0.2) is 52.4 Å². The van der Waals surface area contributed by atoms with Gasteiger partial charge in [-0.15, -0.1) is 0 Å². The number of hydrogen-bond donors (Lipinski definition) is 3. The third kappa shape index (κ3) is 4.22. The van der Waals surface area contributed by atoms with Gasteiger partial charge in [0.05, 0.1) is 6.33 Å². The number of aryl methyl sites for hydroxylation is 1. The van der Waals surface area contributed by atoms with E-state index >= 15 is 0 Å². The van der Waals surface area contributed by atoms with Gasteiger partial charge in [-0.1, -0.05) is 13.8 Å². The van der Waals surface area contributed by atoms with Crippen LogP contribution in [0.1, 0.15) is 53.1 Å². The second-order valence-corrected chi connectivity index (χ2v) is 8.86. The number of fused-ring (bicyclic) bond motifs is 1. The summed E-state index contributed by atoms with van der Waals surface area (Å²) < 4.78 is 0. The molecule has 8 nitrogen and oxygen atoms in total. The average molecular weight is 409 g/mol. The Morgan fingerprint density at radius 1 is 1.30 bits per heavy atom. The van der Waals surface area contributed by atoms with Gasteiger partial charge >= 0.3 is 0 Å². The number of hydrogen-bond acceptors (Lipinski definition) is 5. The summed E-state index contributed by atoms with van der Waals surface area (Å²) in [5.41, 5.74) is 2.61. The van der Waals surface area contributed by atoms with Crippen molar-refractivity contribution >= 4 is 17.5 Å². The van der Waals surface area contributed by atoms with Crippen LogP contribution in [0.15, 0.2) is 35.4 Å². The molecule has 8 heteroatoms. The summed E-state index contributed by atoms with van der Waals surface area (Å²) in [6.45, 7) is 6.17. The first-order chi connectivity index (χ1) is 14.3. The Morgan fingerprint density at radius 3 is 2.93 bits per heavy atom. The zero-order valence-corrected chi connectivity index (χ0v) is 17.3. The number of likely N-dealkylation sites (tertiary alicyclic amines) is 1. The molecule has 2 aromatic rings. The topological polar surface area (TPSA) is 107 Å². The molecule has 1 aromatic heterocycles. The Hall–Kier alpha value is -3.16. The van der Waals surface area contributed by atoms with E-state index in [1.165, 1.54) is 11.9 Å². The SMILES string of the molecule is CC1(C)C[C@@H](CNC(=O)c2cc(=O)[nH]cn2)N(C(=O)c2ccc3c(c2)CCCN3)C1. The molecule has 3 N–H and O–H groups in total. The van der Waals surface area contributed by atoms with Gasteiger partial charge in [0.25, 0.3) is 17.4 Å². The number of benzene rings is 1. The van der Waals surface area contributed by atoms with Crippen LogP contribution in [0.25, 0.3) is 0 Å². The summed E-state index contributed by atoms with van der Waals surface area (Å²) in [5.74, 6) is -0.430. The van der Waals surface area contributed by atoms with Gasteiger partial charge in [-0.25, -0.2) is 4.98 Å². The Morgan fingerprint density at radius 2 is 2.13 bits per heavy atom. The predicted octanol–water partition coefficient (Wildman–Crippen LogP) is 1.80. The van der Waals surface area contributed by atoms with Gasteiger partial charge in [0.15, 0.2) is 0 Å². The van der Waals surface area contributed by atoms with Crippen molar-refractivity contribution < 1.29 is 9.59 Å². The molecule has 2 aliphatic heterocycles. The van der Waals surface area contributed by atoms with E-state index in [9.17, 15) is 14.4 Å². The Labute approximate surface area is 175 Å². The van der Waals surface area contributed by atoms with E-state index in [0.717, 1.165) is 37.6 Å². The molecule has 1 atom stereocenters. The quantitative estimate of drug-likeness (QED) is 0.714. The summed E-state index contributed by atoms with van der Waals surface area (Å²) >= 11 is 0. The molecule has 0 radical (unpaired) electrons. The van der Waals surface area contributed by atoms with E-state index in [0.29, 0.717) is 18.7 Å². The molecule has 0 unspecified atom stereocenters. The molecule has 30 heavy (non-hydrogen) atoms. The highest BCUT2D eigenvalue weighted by molar-refractivity contribution is 5.96. The Balaban J connectivity index is 1.49. The molecule has 3 heterocycles. The lowest BCUT2D eigenvalue weighted by atomic mass is 9.91. The largest absolute Gasteiger partial charge is 0.385 e. The van der Waals surface area contributed by atoms with Crippen molar-refractivity contribution in [2.45, 2.75) is 39.2 Å². The van der Waals surface area contributed by atoms with Crippen LogP contribution in [-0.2, 0) is 6.42 Å². The van der Waals surface area contributed by atoms with Crippen molar-refractivity contribution in [3.05, 3.63) is 57.8 Å². The van der Waals surface area contributed by atoms with Crippen molar-refractivity contribution in [1.29, 1.82) is 0 Å². The number of aromatic nitrogens is 2. The number of carbonyl (C=O) groups is 2. The van der Waals surface area contributed by atoms with Gasteiger partial charge in [-0.05, 0) is 48.4 Å². The van der Waals surface area contributed by atoms with Gasteiger partial charge in [0, 0.05) is 43.0 Å². The van der Waals surface area contributed by atoms with E-state index in [2.05, 4.69) is 34.4 Å². The number of carbonyl (C=O) groups excluding carboxylic acids is 2. The normalized spacial score (nSPS) is 19.7. The van der Waals surface area contributed by atoms with Crippen LogP contribution >= 0.6 is 0 Å². The lowest BCUT2D eigenvalue weighted by molar-refractivity contribution is 0.0715. The first-order valence-corrected chi connectivity index (χ1v) is 10.3. The molecule has 1 aromatic carbocycles. The van der Waals surface area contributed by atoms with E-state index in [1.54, 1.807) is 0 Å². The zero-order valence-electron chi connectivity index (χ0n) is 17.3. The van der Waals surface area contributed by atoms with Crippen LogP contribution in [0.2, 0.25) is 0 Å². The maximum atomic E-state index is 13.3. The molecular weight excluding hydrogens is 382 g/mol. The number of amides is 2. The second kappa shape index (κ2) is 7.93. The van der Waals surface area contributed by atoms with Crippen LogP contribution < -0.4 is 16.2 Å². The Kier molecular flexibility index (Phi) is 5.32. The first kappa shape index (κ1) is 20.1. The van der Waals surface area contributed by atoms with E-state index < -0.39 is 5.91 Å². The lowest BCUT2D eigenvalue weighted by Gasteiger charge is -2.26. The van der Waals surface area contributed by atoms with Gasteiger partial charge in [0.1, 0.15) is 5.69 Å². The molecule has 0 saturated carbocycles. The number of nitrogens with one attached hydrogen (secondary N) is 3. The maximum absolute atomic E-state index is 13.3. The molecule has 0 aliphatic carbocycles. The molecule has 158 valence electrons. The molecule has 0 bridgehead atoms. The van der Waals surface area contributed by atoms with Crippen molar-refractivity contribution in [2.24, 2.45) is 5.41 Å². The highest BCUT2D eigenvalue weighted by Crippen LogP contribution is 2.35. The summed E-state index contributed by atoms with van der Waals surface area (Å²) in [5, 5.41) is 6.20. The van der Waals surface area contributed by atoms with E-state index in [1.807, 2.05) is 23.1 Å². The van der Waals surface area contributed by atoms with Gasteiger partial charge in [-0.2, -0.15) is 0 Å². The third-order valence-electron chi connectivity index (χ3n) is 5.79. The van der Waals surface area contributed by atoms with Crippen molar-refractivity contribution in [1.82, 2.24) is 20.2 Å². The smallest absolute Gasteiger partial charge is 0.270 e. The molecule has 1 fully saturated rings. The van der Waals surface area contributed by atoms with E-state index in [-0.39, 0.29) is 28.6 Å². The summed E-state index contributed by atoms with van der Waals surface area (Å²) in [6, 6.07) is 6.90. The van der Waals surface area contributed by atoms with Gasteiger partial charge in [0.2, 0.25) is 0 Å². The number of nitrogens with zero attached hydrogens (tertiary/aromatic N) is 2. The first-order valence-electron chi connectivity index (χ1n) is 10.3. The molecule has 2 aliphatic rings. The third-order valence-corrected chi connectivity index (χ3v) is 5.79. The molecule has 0 spiro atoms. The minimum absolute atomic E-state index is 0.0116. The monoisotopic (exact) mass is 409 g/mol. The average Bonchev–Trinajstić information content (AvgIpc) is 3.05. The van der Waals surface area contributed by atoms with Gasteiger partial charge in [-0.3, -0.25) is 14.4 Å². The maximum Gasteiger partial charge on any atom is 0.270 e. The molecule has 4 rings (SSSR count). The van der Waals surface area contributed by atoms with Crippen molar-refractivity contribution in [3.63, 3.8) is 0 Å². The number of aromatic amines is 1. The minimum Gasteiger partial charge on any atom is -0.385 e. The number of rotatable bonds is 4. The number of H-pyrrole nitrogens is 1. The van der Waals surface area contributed by atoms with Crippen molar-refractivity contribution in [3.8, 4) is 0 Å². The fourth-order valence-electron chi connectivity index (χ4n) is 4.39. The van der Waals surface area contributed by atoms with Crippen LogP contribution in [0.3, 0.4) is 0 Å². The predicted molar refractivity (Wildman–Crippen MR) is 114 cm³/mol. The Bertz CT molecular complexity index is 1030. The van der Waals surface area contributed by atoms with Crippen LogP contribution in [0.5, 0.6) is 0 Å². The second-order valence-electron chi connectivity index (χ2n) is 8.86. The van der Waals surface area contributed by atoms with Crippen LogP contribution in [0.4, 0.5) is 5.69 Å². The zero-order chi connectivity index (χ0) is 21.3. The minimum atomic E-state index is -0.418. The highest BCUT2D eigenvalue weighted by Gasteiger charge is 2.40. The molecular formula is C22H27N5O3. The molecule has 1 saturated heterocycles. The fourth-order valence-corrected chi connectivity index (χ4v) is 4.39. The van der Waals surface area contributed by atoms with E-state index in [4.69, 9.17) is 0 Å². The highest BCUT2D eigenvalue weighted by atomic mass is 16.2.